The zero-order valence-corrected chi connectivity index (χ0v) is 19.4. The van der Waals surface area contributed by atoms with Crippen molar-refractivity contribution < 1.29 is 4.79 Å². The summed E-state index contributed by atoms with van der Waals surface area (Å²) >= 11 is 0. The summed E-state index contributed by atoms with van der Waals surface area (Å²) in [6.07, 6.45) is 9.84. The topological polar surface area (TPSA) is 46.9 Å². The van der Waals surface area contributed by atoms with Crippen molar-refractivity contribution in [3.63, 3.8) is 0 Å². The summed E-state index contributed by atoms with van der Waals surface area (Å²) in [4.78, 5) is 17.5. The molecule has 0 aliphatic heterocycles. The van der Waals surface area contributed by atoms with Crippen LogP contribution in [-0.2, 0) is 13.0 Å². The number of carbonyl (C=O) groups excluding carboxylic acids is 1. The minimum atomic E-state index is -0.00718. The molecule has 2 aromatic carbocycles. The molecule has 0 atom stereocenters. The Labute approximate surface area is 187 Å². The van der Waals surface area contributed by atoms with Gasteiger partial charge in [0.25, 0.3) is 5.91 Å². The number of hydrogen-bond acceptors (Lipinski definition) is 2. The first-order chi connectivity index (χ1) is 15.1. The second-order valence-electron chi connectivity index (χ2n) is 8.61. The number of aromatic nitrogens is 2. The van der Waals surface area contributed by atoms with E-state index in [0.29, 0.717) is 6.54 Å². The molecule has 1 heterocycles. The van der Waals surface area contributed by atoms with E-state index in [0.717, 1.165) is 35.4 Å². The molecular weight excluding hydrogens is 382 g/mol. The summed E-state index contributed by atoms with van der Waals surface area (Å²) in [6, 6.07) is 14.3. The lowest BCUT2D eigenvalue weighted by Gasteiger charge is -2.11. The standard InChI is InChI=1S/C27H37N3O/c1-4-5-6-7-8-9-12-19-30-25-14-11-10-13-24(25)29-26(30)17-18-28-27(31)23-16-15-21(2)20-22(23)3/h10-11,13-16,20H,4-9,12,17-19H2,1-3H3,(H,28,31). The minimum Gasteiger partial charge on any atom is -0.352 e. The molecule has 0 fully saturated rings. The minimum absolute atomic E-state index is 0.00718. The molecule has 0 bridgehead atoms. The van der Waals surface area contributed by atoms with Crippen molar-refractivity contribution in [2.45, 2.75) is 78.7 Å². The normalized spacial score (nSPS) is 11.2. The van der Waals surface area contributed by atoms with E-state index in [4.69, 9.17) is 4.98 Å². The fourth-order valence-corrected chi connectivity index (χ4v) is 4.24. The number of fused-ring (bicyclic) bond motifs is 1. The predicted molar refractivity (Wildman–Crippen MR) is 130 cm³/mol. The summed E-state index contributed by atoms with van der Waals surface area (Å²) in [7, 11) is 0. The van der Waals surface area contributed by atoms with Crippen LogP contribution in [0.3, 0.4) is 0 Å². The number of imidazole rings is 1. The number of unbranched alkanes of at least 4 members (excludes halogenated alkanes) is 6. The molecule has 0 saturated heterocycles. The number of benzene rings is 2. The van der Waals surface area contributed by atoms with E-state index < -0.39 is 0 Å². The zero-order valence-electron chi connectivity index (χ0n) is 19.4. The molecular formula is C27H37N3O. The molecule has 1 aromatic heterocycles. The predicted octanol–water partition coefficient (Wildman–Crippen LogP) is 6.38. The maximum Gasteiger partial charge on any atom is 0.251 e. The van der Waals surface area contributed by atoms with Gasteiger partial charge in [-0.05, 0) is 44.0 Å². The molecule has 4 nitrogen and oxygen atoms in total. The van der Waals surface area contributed by atoms with Crippen LogP contribution in [0.15, 0.2) is 42.5 Å². The van der Waals surface area contributed by atoms with Crippen LogP contribution < -0.4 is 5.32 Å². The lowest BCUT2D eigenvalue weighted by Crippen LogP contribution is -2.27. The maximum atomic E-state index is 12.6. The van der Waals surface area contributed by atoms with E-state index in [-0.39, 0.29) is 5.91 Å². The van der Waals surface area contributed by atoms with Crippen LogP contribution in [0.2, 0.25) is 0 Å². The van der Waals surface area contributed by atoms with Gasteiger partial charge in [-0.25, -0.2) is 4.98 Å². The fraction of sp³-hybridized carbons (Fsp3) is 0.481. The van der Waals surface area contributed by atoms with Crippen LogP contribution in [-0.4, -0.2) is 22.0 Å². The Morgan fingerprint density at radius 1 is 0.968 bits per heavy atom. The van der Waals surface area contributed by atoms with Crippen molar-refractivity contribution in [1.82, 2.24) is 14.9 Å². The van der Waals surface area contributed by atoms with E-state index in [1.54, 1.807) is 0 Å². The van der Waals surface area contributed by atoms with Gasteiger partial charge < -0.3 is 9.88 Å². The maximum absolute atomic E-state index is 12.6. The van der Waals surface area contributed by atoms with E-state index in [1.807, 2.05) is 32.0 Å². The second-order valence-corrected chi connectivity index (χ2v) is 8.61. The third kappa shape index (κ3) is 6.43. The lowest BCUT2D eigenvalue weighted by atomic mass is 10.1. The van der Waals surface area contributed by atoms with Crippen molar-refractivity contribution in [2.75, 3.05) is 6.54 Å². The molecule has 3 aromatic rings. The highest BCUT2D eigenvalue weighted by atomic mass is 16.1. The molecule has 0 aliphatic rings. The Balaban J connectivity index is 1.58. The molecule has 1 N–H and O–H groups in total. The number of para-hydroxylation sites is 2. The quantitative estimate of drug-likeness (QED) is 0.346. The fourth-order valence-electron chi connectivity index (χ4n) is 4.24. The Morgan fingerprint density at radius 3 is 2.48 bits per heavy atom. The number of aryl methyl sites for hydroxylation is 3. The largest absolute Gasteiger partial charge is 0.352 e. The van der Waals surface area contributed by atoms with Crippen molar-refractivity contribution in [1.29, 1.82) is 0 Å². The van der Waals surface area contributed by atoms with Gasteiger partial charge in [0.1, 0.15) is 5.82 Å². The highest BCUT2D eigenvalue weighted by molar-refractivity contribution is 5.95. The van der Waals surface area contributed by atoms with Crippen LogP contribution in [0.1, 0.15) is 79.2 Å². The van der Waals surface area contributed by atoms with Crippen molar-refractivity contribution in [3.8, 4) is 0 Å². The Hall–Kier alpha value is -2.62. The molecule has 0 radical (unpaired) electrons. The monoisotopic (exact) mass is 419 g/mol. The number of amides is 1. The lowest BCUT2D eigenvalue weighted by molar-refractivity contribution is 0.0953. The average Bonchev–Trinajstić information content (AvgIpc) is 3.10. The Morgan fingerprint density at radius 2 is 1.71 bits per heavy atom. The van der Waals surface area contributed by atoms with Gasteiger partial charge in [-0.3, -0.25) is 4.79 Å². The first-order valence-electron chi connectivity index (χ1n) is 11.9. The summed E-state index contributed by atoms with van der Waals surface area (Å²) in [5.74, 6) is 1.06. The third-order valence-electron chi connectivity index (χ3n) is 5.98. The Bertz CT molecular complexity index is 989. The van der Waals surface area contributed by atoms with Crippen LogP contribution in [0.4, 0.5) is 0 Å². The van der Waals surface area contributed by atoms with Crippen molar-refractivity contribution in [2.24, 2.45) is 0 Å². The number of rotatable bonds is 12. The van der Waals surface area contributed by atoms with Gasteiger partial charge >= 0.3 is 0 Å². The highest BCUT2D eigenvalue weighted by Crippen LogP contribution is 2.18. The molecule has 0 spiro atoms. The van der Waals surface area contributed by atoms with Crippen molar-refractivity contribution in [3.05, 3.63) is 65.0 Å². The number of nitrogens with zero attached hydrogens (tertiary/aromatic N) is 2. The summed E-state index contributed by atoms with van der Waals surface area (Å²) < 4.78 is 2.35. The van der Waals surface area contributed by atoms with Crippen LogP contribution >= 0.6 is 0 Å². The molecule has 31 heavy (non-hydrogen) atoms. The molecule has 3 rings (SSSR count). The number of carbonyl (C=O) groups is 1. The molecule has 1 amide bonds. The summed E-state index contributed by atoms with van der Waals surface area (Å²) in [6.45, 7) is 7.88. The van der Waals surface area contributed by atoms with Crippen molar-refractivity contribution >= 4 is 16.9 Å². The average molecular weight is 420 g/mol. The molecule has 4 heteroatoms. The summed E-state index contributed by atoms with van der Waals surface area (Å²) in [5.41, 5.74) is 5.18. The molecule has 0 aliphatic carbocycles. The Kier molecular flexibility index (Phi) is 8.69. The van der Waals surface area contributed by atoms with Gasteiger partial charge in [-0.1, -0.05) is 75.3 Å². The first-order valence-corrected chi connectivity index (χ1v) is 11.9. The van der Waals surface area contributed by atoms with Gasteiger partial charge in [0.15, 0.2) is 0 Å². The smallest absolute Gasteiger partial charge is 0.251 e. The zero-order chi connectivity index (χ0) is 22.1. The van der Waals surface area contributed by atoms with Crippen LogP contribution in [0, 0.1) is 13.8 Å². The summed E-state index contributed by atoms with van der Waals surface area (Å²) in [5, 5.41) is 3.08. The van der Waals surface area contributed by atoms with Crippen LogP contribution in [0.25, 0.3) is 11.0 Å². The molecule has 0 unspecified atom stereocenters. The third-order valence-corrected chi connectivity index (χ3v) is 5.98. The molecule has 166 valence electrons. The number of hydrogen-bond donors (Lipinski definition) is 1. The van der Waals surface area contributed by atoms with E-state index in [2.05, 4.69) is 41.1 Å². The van der Waals surface area contributed by atoms with E-state index >= 15 is 0 Å². The van der Waals surface area contributed by atoms with Gasteiger partial charge in [-0.2, -0.15) is 0 Å². The van der Waals surface area contributed by atoms with Gasteiger partial charge in [0.2, 0.25) is 0 Å². The number of nitrogens with one attached hydrogen (secondary N) is 1. The highest BCUT2D eigenvalue weighted by Gasteiger charge is 2.12. The van der Waals surface area contributed by atoms with E-state index in [1.165, 1.54) is 56.0 Å². The molecule has 0 saturated carbocycles. The van der Waals surface area contributed by atoms with Gasteiger partial charge in [-0.15, -0.1) is 0 Å². The van der Waals surface area contributed by atoms with E-state index in [9.17, 15) is 4.79 Å². The first kappa shape index (κ1) is 23.1. The van der Waals surface area contributed by atoms with Gasteiger partial charge in [0.05, 0.1) is 11.0 Å². The van der Waals surface area contributed by atoms with Gasteiger partial charge in [0, 0.05) is 25.1 Å². The second kappa shape index (κ2) is 11.7. The SMILES string of the molecule is CCCCCCCCCn1c(CCNC(=O)c2ccc(C)cc2C)nc2ccccc21. The van der Waals surface area contributed by atoms with Crippen LogP contribution in [0.5, 0.6) is 0 Å².